The Kier molecular flexibility index (Phi) is 2.97. The first kappa shape index (κ1) is 11.2. The molecular weight excluding hydrogens is 224 g/mol. The number of pyridine rings is 1. The molecule has 2 heterocycles. The number of anilines is 1. The lowest BCUT2D eigenvalue weighted by Gasteiger charge is -2.22. The summed E-state index contributed by atoms with van der Waals surface area (Å²) in [5.74, 6) is 0.975. The van der Waals surface area contributed by atoms with Gasteiger partial charge in [0.1, 0.15) is 11.1 Å². The Morgan fingerprint density at radius 1 is 1.11 bits per heavy atom. The van der Waals surface area contributed by atoms with E-state index in [0.29, 0.717) is 0 Å². The second-order valence-corrected chi connectivity index (χ2v) is 4.83. The largest absolute Gasteiger partial charge is 0.298 e. The molecule has 2 aromatic rings. The Morgan fingerprint density at radius 2 is 1.89 bits per heavy atom. The van der Waals surface area contributed by atoms with Crippen LogP contribution in [0.3, 0.4) is 0 Å². The van der Waals surface area contributed by atoms with Crippen LogP contribution in [0.4, 0.5) is 5.82 Å². The minimum atomic E-state index is 0.760. The number of carbonyl (C=O) groups is 1. The van der Waals surface area contributed by atoms with Crippen LogP contribution in [-0.2, 0) is 0 Å². The average molecular weight is 241 g/mol. The van der Waals surface area contributed by atoms with Crippen LogP contribution in [-0.4, -0.2) is 19.4 Å². The van der Waals surface area contributed by atoms with Crippen LogP contribution in [0.1, 0.15) is 29.6 Å². The molecule has 0 spiro atoms. The molecule has 1 aliphatic heterocycles. The molecule has 0 amide bonds. The maximum Gasteiger partial charge on any atom is 0.285 e. The molecule has 0 saturated carbocycles. The number of H-pyrrole nitrogens is 1. The van der Waals surface area contributed by atoms with E-state index in [1.54, 1.807) is 0 Å². The number of hydrogen-bond acceptors (Lipinski definition) is 2. The molecule has 1 saturated heterocycles. The topological polar surface area (TPSA) is 34.5 Å². The van der Waals surface area contributed by atoms with Crippen molar-refractivity contribution < 1.29 is 9.78 Å². The first-order valence-corrected chi connectivity index (χ1v) is 6.54. The third kappa shape index (κ3) is 1.96. The minimum Gasteiger partial charge on any atom is -0.298 e. The first-order valence-electron chi connectivity index (χ1n) is 6.54. The van der Waals surface area contributed by atoms with Gasteiger partial charge in [-0.25, -0.2) is 4.98 Å². The standard InChI is InChI=1S/C15H16N2O/c18-11-13-10-12-6-2-3-7-14(12)16-15(13)17-8-4-1-5-9-17/h2-3,6-7,10-11H,1,4-5,8-9H2/p+1. The number of benzene rings is 1. The van der Waals surface area contributed by atoms with Crippen molar-refractivity contribution in [3.63, 3.8) is 0 Å². The first-order chi connectivity index (χ1) is 8.88. The fraction of sp³-hybridized carbons (Fsp3) is 0.333. The maximum atomic E-state index is 11.3. The lowest BCUT2D eigenvalue weighted by Crippen LogP contribution is -2.35. The van der Waals surface area contributed by atoms with Gasteiger partial charge in [-0.05, 0) is 31.4 Å². The van der Waals surface area contributed by atoms with Crippen molar-refractivity contribution in [3.05, 3.63) is 35.9 Å². The summed E-state index contributed by atoms with van der Waals surface area (Å²) in [4.78, 5) is 17.0. The lowest BCUT2D eigenvalue weighted by atomic mass is 10.1. The van der Waals surface area contributed by atoms with Crippen LogP contribution in [0.15, 0.2) is 30.3 Å². The highest BCUT2D eigenvalue weighted by molar-refractivity contribution is 5.88. The van der Waals surface area contributed by atoms with Crippen molar-refractivity contribution in [2.24, 2.45) is 0 Å². The summed E-state index contributed by atoms with van der Waals surface area (Å²) in [6.07, 6.45) is 4.66. The number of hydrogen-bond donors (Lipinski definition) is 0. The number of rotatable bonds is 2. The zero-order chi connectivity index (χ0) is 12.4. The van der Waals surface area contributed by atoms with E-state index >= 15 is 0 Å². The summed E-state index contributed by atoms with van der Waals surface area (Å²) in [5, 5.41) is 1.08. The van der Waals surface area contributed by atoms with Gasteiger partial charge in [0, 0.05) is 5.39 Å². The molecule has 3 heteroatoms. The van der Waals surface area contributed by atoms with Gasteiger partial charge in [-0.15, -0.1) is 0 Å². The molecule has 0 atom stereocenters. The zero-order valence-corrected chi connectivity index (χ0v) is 10.4. The minimum absolute atomic E-state index is 0.760. The van der Waals surface area contributed by atoms with Gasteiger partial charge in [-0.1, -0.05) is 18.2 Å². The van der Waals surface area contributed by atoms with E-state index in [4.69, 9.17) is 0 Å². The maximum absolute atomic E-state index is 11.3. The van der Waals surface area contributed by atoms with Crippen LogP contribution in [0.25, 0.3) is 10.9 Å². The monoisotopic (exact) mass is 241 g/mol. The molecule has 0 unspecified atom stereocenters. The summed E-state index contributed by atoms with van der Waals surface area (Å²) in [5.41, 5.74) is 1.85. The van der Waals surface area contributed by atoms with Crippen molar-refractivity contribution in [2.75, 3.05) is 18.0 Å². The number of fused-ring (bicyclic) bond motifs is 1. The fourth-order valence-electron chi connectivity index (χ4n) is 2.64. The molecule has 1 N–H and O–H groups in total. The number of carbonyl (C=O) groups excluding carboxylic acids is 1. The highest BCUT2D eigenvalue weighted by Crippen LogP contribution is 2.21. The molecule has 1 fully saturated rings. The highest BCUT2D eigenvalue weighted by Gasteiger charge is 2.23. The third-order valence-electron chi connectivity index (χ3n) is 3.60. The normalized spacial score (nSPS) is 15.9. The van der Waals surface area contributed by atoms with E-state index in [-0.39, 0.29) is 0 Å². The van der Waals surface area contributed by atoms with Gasteiger partial charge in [-0.2, -0.15) is 0 Å². The zero-order valence-electron chi connectivity index (χ0n) is 10.4. The molecule has 3 nitrogen and oxygen atoms in total. The van der Waals surface area contributed by atoms with Gasteiger partial charge < -0.3 is 0 Å². The molecule has 0 aliphatic carbocycles. The van der Waals surface area contributed by atoms with Crippen molar-refractivity contribution in [1.29, 1.82) is 0 Å². The van der Waals surface area contributed by atoms with E-state index in [2.05, 4.69) is 16.0 Å². The summed E-state index contributed by atoms with van der Waals surface area (Å²) < 4.78 is 0. The smallest absolute Gasteiger partial charge is 0.285 e. The number of aromatic nitrogens is 1. The highest BCUT2D eigenvalue weighted by atomic mass is 16.1. The second kappa shape index (κ2) is 4.77. The Hall–Kier alpha value is -1.90. The van der Waals surface area contributed by atoms with E-state index in [9.17, 15) is 4.79 Å². The summed E-state index contributed by atoms with van der Waals surface area (Å²) in [7, 11) is 0. The summed E-state index contributed by atoms with van der Waals surface area (Å²) in [6, 6.07) is 10.1. The molecule has 18 heavy (non-hydrogen) atoms. The SMILES string of the molecule is O=Cc1cc2ccccc2[nH+]c1N1CCCCC1. The van der Waals surface area contributed by atoms with E-state index in [0.717, 1.165) is 41.7 Å². The van der Waals surface area contributed by atoms with Gasteiger partial charge in [0.25, 0.3) is 5.82 Å². The van der Waals surface area contributed by atoms with Crippen molar-refractivity contribution in [1.82, 2.24) is 0 Å². The van der Waals surface area contributed by atoms with Crippen molar-refractivity contribution >= 4 is 23.0 Å². The van der Waals surface area contributed by atoms with Crippen LogP contribution in [0, 0.1) is 0 Å². The Balaban J connectivity index is 2.10. The molecule has 92 valence electrons. The van der Waals surface area contributed by atoms with Gasteiger partial charge in [0.2, 0.25) is 0 Å². The summed E-state index contributed by atoms with van der Waals surface area (Å²) in [6.45, 7) is 2.07. The number of piperidine rings is 1. The predicted molar refractivity (Wildman–Crippen MR) is 72.0 cm³/mol. The molecule has 0 radical (unpaired) electrons. The molecule has 3 rings (SSSR count). The number of nitrogens with zero attached hydrogens (tertiary/aromatic N) is 1. The third-order valence-corrected chi connectivity index (χ3v) is 3.60. The number of para-hydroxylation sites is 1. The second-order valence-electron chi connectivity index (χ2n) is 4.83. The quantitative estimate of drug-likeness (QED) is 0.757. The van der Waals surface area contributed by atoms with Crippen LogP contribution in [0.5, 0.6) is 0 Å². The van der Waals surface area contributed by atoms with Gasteiger partial charge in [0.05, 0.1) is 13.1 Å². The fourth-order valence-corrected chi connectivity index (χ4v) is 2.64. The molecular formula is C15H17N2O+. The lowest BCUT2D eigenvalue weighted by molar-refractivity contribution is -0.330. The number of aromatic amines is 1. The van der Waals surface area contributed by atoms with Crippen LogP contribution >= 0.6 is 0 Å². The van der Waals surface area contributed by atoms with Crippen molar-refractivity contribution in [2.45, 2.75) is 19.3 Å². The Bertz CT molecular complexity index is 574. The number of aldehydes is 1. The predicted octanol–water partition coefficient (Wildman–Crippen LogP) is 2.46. The molecule has 1 aromatic carbocycles. The van der Waals surface area contributed by atoms with Gasteiger partial charge in [0.15, 0.2) is 6.29 Å². The molecule has 1 aliphatic rings. The van der Waals surface area contributed by atoms with Crippen LogP contribution < -0.4 is 9.88 Å². The van der Waals surface area contributed by atoms with Crippen molar-refractivity contribution in [3.8, 4) is 0 Å². The van der Waals surface area contributed by atoms with Crippen LogP contribution in [0.2, 0.25) is 0 Å². The van der Waals surface area contributed by atoms with E-state index in [1.807, 2.05) is 24.3 Å². The van der Waals surface area contributed by atoms with E-state index < -0.39 is 0 Å². The molecule has 1 aromatic heterocycles. The average Bonchev–Trinajstić information content (AvgIpc) is 2.46. The van der Waals surface area contributed by atoms with Gasteiger partial charge in [-0.3, -0.25) is 9.69 Å². The Morgan fingerprint density at radius 3 is 2.67 bits per heavy atom. The van der Waals surface area contributed by atoms with E-state index in [1.165, 1.54) is 19.3 Å². The summed E-state index contributed by atoms with van der Waals surface area (Å²) >= 11 is 0. The number of nitrogens with one attached hydrogen (secondary N) is 1. The van der Waals surface area contributed by atoms with Gasteiger partial charge >= 0.3 is 0 Å². The Labute approximate surface area is 106 Å². The molecule has 0 bridgehead atoms.